The maximum absolute atomic E-state index is 9.21. The highest BCUT2D eigenvalue weighted by atomic mass is 31.2. The fraction of sp³-hybridized carbons (Fsp3) is 0.565. The standard InChI is InChI=1S/C23H38N7O6P/c1-2-3-8-27-23-29-20-21(18-6-4-5-7-19(18)28-22(20)26)30(23)9-11-34-37(35-12-10-31)36-14-17(33-16-25)13-32-15-24/h4-7,17,31H,2-3,8-16,24-25H2,1H3,(H2,26,28)(H,27,29)/t17-,37?/m1/s1. The zero-order chi connectivity index (χ0) is 26.5. The minimum absolute atomic E-state index is 0.00565. The fourth-order valence-electron chi connectivity index (χ4n) is 3.65. The van der Waals surface area contributed by atoms with Crippen LogP contribution in [0.25, 0.3) is 21.9 Å². The van der Waals surface area contributed by atoms with E-state index >= 15 is 0 Å². The van der Waals surface area contributed by atoms with Crippen LogP contribution in [0, 0.1) is 0 Å². The Morgan fingerprint density at radius 2 is 1.89 bits per heavy atom. The first-order chi connectivity index (χ1) is 18.1. The third kappa shape index (κ3) is 8.40. The molecule has 0 spiro atoms. The molecule has 3 rings (SSSR count). The van der Waals surface area contributed by atoms with Crippen LogP contribution in [0.3, 0.4) is 0 Å². The summed E-state index contributed by atoms with van der Waals surface area (Å²) in [5.74, 6) is 1.06. The van der Waals surface area contributed by atoms with E-state index in [1.54, 1.807) is 0 Å². The van der Waals surface area contributed by atoms with E-state index < -0.39 is 14.7 Å². The smallest absolute Gasteiger partial charge is 0.332 e. The molecular formula is C23H38N7O6P. The van der Waals surface area contributed by atoms with Gasteiger partial charge in [0, 0.05) is 11.9 Å². The molecule has 14 heteroatoms. The Morgan fingerprint density at radius 3 is 2.65 bits per heavy atom. The summed E-state index contributed by atoms with van der Waals surface area (Å²) >= 11 is 0. The summed E-state index contributed by atoms with van der Waals surface area (Å²) in [6.45, 7) is 3.91. The van der Waals surface area contributed by atoms with Crippen molar-refractivity contribution in [3.63, 3.8) is 0 Å². The highest BCUT2D eigenvalue weighted by molar-refractivity contribution is 7.41. The summed E-state index contributed by atoms with van der Waals surface area (Å²) < 4.78 is 30.0. The Bertz CT molecular complexity index is 1090. The monoisotopic (exact) mass is 539 g/mol. The normalized spacial score (nSPS) is 13.4. The number of unbranched alkanes of at least 4 members (excludes halogenated alkanes) is 1. The number of imidazole rings is 1. The molecule has 8 N–H and O–H groups in total. The molecule has 2 heterocycles. The Kier molecular flexibility index (Phi) is 12.6. The van der Waals surface area contributed by atoms with Crippen LogP contribution in [0.1, 0.15) is 19.8 Å². The van der Waals surface area contributed by atoms with E-state index in [-0.39, 0.29) is 46.5 Å². The SMILES string of the molecule is CCCCNc1nc2c(N)nc3ccccc3c2n1CCOP(OCCO)OC[C@@H](COCN)OCN. The molecule has 0 saturated heterocycles. The molecule has 0 aliphatic heterocycles. The number of para-hydroxylation sites is 1. The van der Waals surface area contributed by atoms with Gasteiger partial charge in [-0.05, 0) is 12.5 Å². The summed E-state index contributed by atoms with van der Waals surface area (Å²) in [6, 6.07) is 7.81. The Hall–Kier alpha value is -2.19. The number of aromatic nitrogens is 3. The van der Waals surface area contributed by atoms with Gasteiger partial charge in [0.05, 0.1) is 64.1 Å². The molecule has 1 unspecified atom stereocenters. The first-order valence-corrected chi connectivity index (χ1v) is 13.4. The number of nitrogen functional groups attached to an aromatic ring is 1. The van der Waals surface area contributed by atoms with Gasteiger partial charge in [0.15, 0.2) is 5.82 Å². The van der Waals surface area contributed by atoms with Crippen molar-refractivity contribution in [2.45, 2.75) is 32.4 Å². The third-order valence-corrected chi connectivity index (χ3v) is 6.49. The van der Waals surface area contributed by atoms with E-state index in [9.17, 15) is 5.11 Å². The lowest BCUT2D eigenvalue weighted by Gasteiger charge is -2.21. The number of fused-ring (bicyclic) bond motifs is 3. The van der Waals surface area contributed by atoms with Gasteiger partial charge in [-0.25, -0.2) is 9.97 Å². The van der Waals surface area contributed by atoms with Crippen LogP contribution in [-0.2, 0) is 29.6 Å². The summed E-state index contributed by atoms with van der Waals surface area (Å²) in [5, 5.41) is 13.6. The largest absolute Gasteiger partial charge is 0.394 e. The van der Waals surface area contributed by atoms with Gasteiger partial charge < -0.3 is 55.2 Å². The lowest BCUT2D eigenvalue weighted by molar-refractivity contribution is -0.0381. The molecular weight excluding hydrogens is 501 g/mol. The number of ether oxygens (including phenoxy) is 2. The number of aliphatic hydroxyl groups is 1. The number of aliphatic hydroxyl groups excluding tert-OH is 1. The van der Waals surface area contributed by atoms with Gasteiger partial charge in [0.25, 0.3) is 0 Å². The highest BCUT2D eigenvalue weighted by Crippen LogP contribution is 2.40. The molecule has 0 fully saturated rings. The number of pyridine rings is 1. The molecule has 0 aliphatic rings. The molecule has 206 valence electrons. The first-order valence-electron chi connectivity index (χ1n) is 12.3. The van der Waals surface area contributed by atoms with Crippen molar-refractivity contribution in [1.82, 2.24) is 14.5 Å². The summed E-state index contributed by atoms with van der Waals surface area (Å²) in [7, 11) is -1.77. The van der Waals surface area contributed by atoms with E-state index in [1.165, 1.54) is 0 Å². The van der Waals surface area contributed by atoms with Crippen LogP contribution in [0.15, 0.2) is 24.3 Å². The van der Waals surface area contributed by atoms with Crippen LogP contribution >= 0.6 is 8.60 Å². The second-order valence-electron chi connectivity index (χ2n) is 7.98. The van der Waals surface area contributed by atoms with Gasteiger partial charge >= 0.3 is 8.60 Å². The second kappa shape index (κ2) is 15.9. The van der Waals surface area contributed by atoms with Crippen LogP contribution in [0.2, 0.25) is 0 Å². The van der Waals surface area contributed by atoms with E-state index in [0.717, 1.165) is 35.8 Å². The number of hydrogen-bond donors (Lipinski definition) is 5. The zero-order valence-electron chi connectivity index (χ0n) is 21.2. The molecule has 0 aliphatic carbocycles. The van der Waals surface area contributed by atoms with Crippen LogP contribution in [0.5, 0.6) is 0 Å². The van der Waals surface area contributed by atoms with Gasteiger partial charge in [-0.3, -0.25) is 0 Å². The molecule has 2 atom stereocenters. The third-order valence-electron chi connectivity index (χ3n) is 5.34. The number of rotatable bonds is 19. The van der Waals surface area contributed by atoms with Crippen molar-refractivity contribution < 1.29 is 28.2 Å². The Morgan fingerprint density at radius 1 is 1.08 bits per heavy atom. The van der Waals surface area contributed by atoms with Gasteiger partial charge in [-0.1, -0.05) is 31.5 Å². The number of nitrogens with two attached hydrogens (primary N) is 3. The number of benzene rings is 1. The van der Waals surface area contributed by atoms with Gasteiger partial charge in [-0.15, -0.1) is 0 Å². The first kappa shape index (κ1) is 29.4. The van der Waals surface area contributed by atoms with Gasteiger partial charge in [0.1, 0.15) is 11.6 Å². The Labute approximate surface area is 217 Å². The van der Waals surface area contributed by atoms with Crippen molar-refractivity contribution in [3.05, 3.63) is 24.3 Å². The van der Waals surface area contributed by atoms with E-state index in [0.29, 0.717) is 23.8 Å². The van der Waals surface area contributed by atoms with Crippen LogP contribution < -0.4 is 22.5 Å². The maximum Gasteiger partial charge on any atom is 0.332 e. The number of anilines is 2. The van der Waals surface area contributed by atoms with Crippen molar-refractivity contribution in [2.24, 2.45) is 11.5 Å². The van der Waals surface area contributed by atoms with Crippen molar-refractivity contribution in [2.75, 3.05) is 64.1 Å². The van der Waals surface area contributed by atoms with E-state index in [2.05, 4.69) is 17.2 Å². The molecule has 0 saturated carbocycles. The number of nitrogens with zero attached hydrogens (tertiary/aromatic N) is 3. The molecule has 0 radical (unpaired) electrons. The number of nitrogens with one attached hydrogen (secondary N) is 1. The molecule has 2 aromatic heterocycles. The highest BCUT2D eigenvalue weighted by Gasteiger charge is 2.20. The molecule has 37 heavy (non-hydrogen) atoms. The predicted octanol–water partition coefficient (Wildman–Crippen LogP) is 1.88. The topological polar surface area (TPSA) is 187 Å². The quantitative estimate of drug-likeness (QED) is 0.0847. The van der Waals surface area contributed by atoms with Gasteiger partial charge in [-0.2, -0.15) is 0 Å². The van der Waals surface area contributed by atoms with Crippen molar-refractivity contribution in [1.29, 1.82) is 0 Å². The average Bonchev–Trinajstić information content (AvgIpc) is 3.27. The average molecular weight is 540 g/mol. The molecule has 1 aromatic carbocycles. The van der Waals surface area contributed by atoms with E-state index in [4.69, 9.17) is 45.2 Å². The van der Waals surface area contributed by atoms with Crippen molar-refractivity contribution >= 4 is 42.3 Å². The summed E-state index contributed by atoms with van der Waals surface area (Å²) in [6.07, 6.45) is 1.62. The number of hydrogen-bond acceptors (Lipinski definition) is 12. The minimum atomic E-state index is -1.77. The fourth-order valence-corrected chi connectivity index (χ4v) is 4.62. The molecule has 0 amide bonds. The summed E-state index contributed by atoms with van der Waals surface area (Å²) in [4.78, 5) is 9.27. The predicted molar refractivity (Wildman–Crippen MR) is 144 cm³/mol. The Balaban J connectivity index is 1.77. The molecule has 13 nitrogen and oxygen atoms in total. The van der Waals surface area contributed by atoms with E-state index in [1.807, 2.05) is 28.8 Å². The zero-order valence-corrected chi connectivity index (χ0v) is 22.1. The lowest BCUT2D eigenvalue weighted by atomic mass is 10.2. The molecule has 3 aromatic rings. The maximum atomic E-state index is 9.21. The van der Waals surface area contributed by atoms with Crippen LogP contribution in [0.4, 0.5) is 11.8 Å². The van der Waals surface area contributed by atoms with Crippen molar-refractivity contribution in [3.8, 4) is 0 Å². The second-order valence-corrected chi connectivity index (χ2v) is 9.20. The van der Waals surface area contributed by atoms with Crippen LogP contribution in [-0.4, -0.2) is 78.8 Å². The van der Waals surface area contributed by atoms with Gasteiger partial charge in [0.2, 0.25) is 5.95 Å². The minimum Gasteiger partial charge on any atom is -0.394 e. The lowest BCUT2D eigenvalue weighted by Crippen LogP contribution is -2.29. The summed E-state index contributed by atoms with van der Waals surface area (Å²) in [5.41, 5.74) is 19.5. The molecule has 0 bridgehead atoms.